The summed E-state index contributed by atoms with van der Waals surface area (Å²) in [6.45, 7) is 21.0. The third-order valence-corrected chi connectivity index (χ3v) is 15.5. The lowest BCUT2D eigenvalue weighted by atomic mass is 9.41. The average Bonchev–Trinajstić information content (AvgIpc) is 3.71. The molecule has 4 saturated carbocycles. The summed E-state index contributed by atoms with van der Waals surface area (Å²) in [5.74, 6) is -12.0. The van der Waals surface area contributed by atoms with Crippen LogP contribution in [0.1, 0.15) is 96.4 Å². The van der Waals surface area contributed by atoms with Crippen molar-refractivity contribution in [2.45, 2.75) is 144 Å². The van der Waals surface area contributed by atoms with Gasteiger partial charge in [-0.15, -0.1) is 0 Å². The first-order valence-electron chi connectivity index (χ1n) is 19.8. The van der Waals surface area contributed by atoms with E-state index in [4.69, 9.17) is 28.4 Å². The number of ether oxygens (including phenoxy) is 6. The van der Waals surface area contributed by atoms with E-state index in [1.807, 2.05) is 13.8 Å². The zero-order chi connectivity index (χ0) is 41.8. The molecule has 5 aliphatic carbocycles. The minimum absolute atomic E-state index is 0.188. The van der Waals surface area contributed by atoms with Crippen LogP contribution in [-0.2, 0) is 57.2 Å². The molecule has 0 aromatic heterocycles. The van der Waals surface area contributed by atoms with Gasteiger partial charge >= 0.3 is 29.8 Å². The molecule has 18 atom stereocenters. The Morgan fingerprint density at radius 1 is 0.804 bits per heavy atom. The first-order valence-corrected chi connectivity index (χ1v) is 19.8. The highest BCUT2D eigenvalue weighted by molar-refractivity contribution is 5.91. The number of aliphatic hydroxyl groups is 2. The summed E-state index contributed by atoms with van der Waals surface area (Å²) in [5, 5.41) is 25.3. The van der Waals surface area contributed by atoms with Gasteiger partial charge in [0.25, 0.3) is 5.79 Å². The first-order chi connectivity index (χ1) is 25.6. The second-order valence-corrected chi connectivity index (χ2v) is 20.5. The summed E-state index contributed by atoms with van der Waals surface area (Å²) in [4.78, 5) is 83.3. The average molecular weight is 787 g/mol. The van der Waals surface area contributed by atoms with E-state index in [-0.39, 0.29) is 6.42 Å². The summed E-state index contributed by atoms with van der Waals surface area (Å²) < 4.78 is 37.5. The third-order valence-electron chi connectivity index (χ3n) is 15.5. The monoisotopic (exact) mass is 786 g/mol. The fourth-order valence-electron chi connectivity index (χ4n) is 12.8. The number of esters is 5. The molecule has 0 amide bonds. The standard InChI is InChI=1S/C42H58O14/c1-17-23-26(40(12)41(13,55-34(49)37(7,8)9)35(50)56-42(40)31(17)54-42)28(47)24-22-25(30(51-18(2)43)32(39(23,24)11)52-19(3)44)38(10)20(15-14-16-21(38)45)27(46)29(22)53-33(48)36(4,5)6/h14,16-17,20-26,28-32,45,47H,15H2,1-13H3/t17-,20+,21-,22-,23-,24+,25+,26-,28+,29+,30-,31+,32-,38+,39+,40-,41+,42-/m0/s1. The lowest BCUT2D eigenvalue weighted by Gasteiger charge is -2.65. The number of allylic oxidation sites excluding steroid dienone is 1. The number of carbonyl (C=O) groups excluding carboxylic acids is 6. The summed E-state index contributed by atoms with van der Waals surface area (Å²) in [6, 6.07) is 0. The maximum atomic E-state index is 15.0. The number of fused-ring (bicyclic) bond motifs is 8. The van der Waals surface area contributed by atoms with Crippen LogP contribution < -0.4 is 0 Å². The first kappa shape index (κ1) is 40.8. The molecule has 14 nitrogen and oxygen atoms in total. The largest absolute Gasteiger partial charge is 0.458 e. The highest BCUT2D eigenvalue weighted by Gasteiger charge is 2.94. The van der Waals surface area contributed by atoms with Crippen molar-refractivity contribution in [3.63, 3.8) is 0 Å². The number of rotatable bonds is 4. The van der Waals surface area contributed by atoms with Gasteiger partial charge in [-0.25, -0.2) is 4.79 Å². The highest BCUT2D eigenvalue weighted by atomic mass is 16.8. The van der Waals surface area contributed by atoms with Crippen LogP contribution in [0, 0.1) is 68.5 Å². The van der Waals surface area contributed by atoms with Gasteiger partial charge in [-0.2, -0.15) is 0 Å². The van der Waals surface area contributed by atoms with Gasteiger partial charge in [-0.1, -0.05) is 32.9 Å². The van der Waals surface area contributed by atoms with Crippen LogP contribution in [0.15, 0.2) is 12.2 Å². The van der Waals surface area contributed by atoms with Crippen LogP contribution in [0.4, 0.5) is 0 Å². The Balaban J connectivity index is 1.52. The molecule has 56 heavy (non-hydrogen) atoms. The minimum atomic E-state index is -1.99. The van der Waals surface area contributed by atoms with Gasteiger partial charge in [-0.3, -0.25) is 24.0 Å². The molecule has 0 aromatic carbocycles. The van der Waals surface area contributed by atoms with E-state index in [1.165, 1.54) is 20.8 Å². The molecule has 1 spiro atoms. The van der Waals surface area contributed by atoms with E-state index < -0.39 is 152 Å². The van der Waals surface area contributed by atoms with Crippen molar-refractivity contribution in [1.82, 2.24) is 0 Å². The van der Waals surface area contributed by atoms with E-state index in [0.717, 1.165) is 0 Å². The molecule has 2 heterocycles. The second kappa shape index (κ2) is 12.1. The number of carbonyl (C=O) groups is 6. The summed E-state index contributed by atoms with van der Waals surface area (Å²) in [6.07, 6.45) is -4.05. The SMILES string of the molecule is CC(=O)O[C@H]1[C@H]2[C@H]([C@@H]3[C@@H](O)[C@@H]4[C@H]([C@H](C)[C@H]5O[C@]56OC(=O)[C@@](C)(OC(=O)C(C)(C)C)[C@]46C)[C@@]3(C)[C@H]1OC(C)=O)[C@@H](OC(=O)C(C)(C)C)C(=O)[C@H]1CC=C[C@H](O)[C@]21C. The van der Waals surface area contributed by atoms with Gasteiger partial charge in [0.05, 0.1) is 28.5 Å². The van der Waals surface area contributed by atoms with Crippen molar-refractivity contribution < 1.29 is 67.4 Å². The lowest BCUT2D eigenvalue weighted by molar-refractivity contribution is -0.269. The molecule has 7 aliphatic rings. The van der Waals surface area contributed by atoms with E-state index in [1.54, 1.807) is 67.5 Å². The van der Waals surface area contributed by atoms with Gasteiger partial charge < -0.3 is 38.6 Å². The topological polar surface area (TPSA) is 202 Å². The molecule has 2 N–H and O–H groups in total. The molecule has 6 fully saturated rings. The van der Waals surface area contributed by atoms with Gasteiger partial charge in [0.1, 0.15) is 18.3 Å². The smallest absolute Gasteiger partial charge is 0.353 e. The van der Waals surface area contributed by atoms with Gasteiger partial charge in [0, 0.05) is 54.3 Å². The van der Waals surface area contributed by atoms with Crippen LogP contribution in [0.25, 0.3) is 0 Å². The minimum Gasteiger partial charge on any atom is -0.458 e. The maximum Gasteiger partial charge on any atom is 0.353 e. The van der Waals surface area contributed by atoms with Crippen molar-refractivity contribution in [1.29, 1.82) is 0 Å². The Bertz CT molecular complexity index is 1810. The lowest BCUT2D eigenvalue weighted by Crippen LogP contribution is -2.74. The molecule has 2 aliphatic heterocycles. The molecular weight excluding hydrogens is 728 g/mol. The summed E-state index contributed by atoms with van der Waals surface area (Å²) >= 11 is 0. The molecule has 0 radical (unpaired) electrons. The normalized spacial score (nSPS) is 49.8. The van der Waals surface area contributed by atoms with Crippen LogP contribution in [0.2, 0.25) is 0 Å². The molecule has 2 saturated heterocycles. The molecule has 310 valence electrons. The Kier molecular flexibility index (Phi) is 8.82. The number of aliphatic hydroxyl groups excluding tert-OH is 2. The molecule has 14 heteroatoms. The van der Waals surface area contributed by atoms with Crippen molar-refractivity contribution in [3.05, 3.63) is 12.2 Å². The zero-order valence-electron chi connectivity index (χ0n) is 34.7. The fraction of sp³-hybridized carbons (Fsp3) is 0.810. The highest BCUT2D eigenvalue weighted by Crippen LogP contribution is 2.81. The molecular formula is C42H58O14. The van der Waals surface area contributed by atoms with E-state index >= 15 is 4.79 Å². The van der Waals surface area contributed by atoms with E-state index in [9.17, 15) is 34.2 Å². The summed E-state index contributed by atoms with van der Waals surface area (Å²) in [5.41, 5.74) is -8.39. The van der Waals surface area contributed by atoms with Crippen molar-refractivity contribution >= 4 is 35.6 Å². The Morgan fingerprint density at radius 3 is 1.95 bits per heavy atom. The van der Waals surface area contributed by atoms with E-state index in [0.29, 0.717) is 0 Å². The fourth-order valence-corrected chi connectivity index (χ4v) is 12.8. The number of hydrogen-bond acceptors (Lipinski definition) is 14. The predicted octanol–water partition coefficient (Wildman–Crippen LogP) is 3.47. The third kappa shape index (κ3) is 4.90. The van der Waals surface area contributed by atoms with Crippen molar-refractivity contribution in [2.24, 2.45) is 68.5 Å². The van der Waals surface area contributed by atoms with Crippen molar-refractivity contribution in [3.8, 4) is 0 Å². The number of epoxide rings is 1. The zero-order valence-corrected chi connectivity index (χ0v) is 34.7. The molecule has 7 rings (SSSR count). The maximum absolute atomic E-state index is 15.0. The Morgan fingerprint density at radius 2 is 1.39 bits per heavy atom. The predicted molar refractivity (Wildman–Crippen MR) is 193 cm³/mol. The van der Waals surface area contributed by atoms with Gasteiger partial charge in [0.2, 0.25) is 5.60 Å². The Hall–Kier alpha value is -3.36. The summed E-state index contributed by atoms with van der Waals surface area (Å²) in [7, 11) is 0. The van der Waals surface area contributed by atoms with Crippen LogP contribution in [0.3, 0.4) is 0 Å². The van der Waals surface area contributed by atoms with Crippen LogP contribution >= 0.6 is 0 Å². The van der Waals surface area contributed by atoms with E-state index in [2.05, 4.69) is 0 Å². The molecule has 0 bridgehead atoms. The molecule has 0 aromatic rings. The molecule has 0 unspecified atom stereocenters. The van der Waals surface area contributed by atoms with Crippen LogP contribution in [0.5, 0.6) is 0 Å². The Labute approximate surface area is 327 Å². The van der Waals surface area contributed by atoms with Gasteiger partial charge in [0.15, 0.2) is 11.9 Å². The van der Waals surface area contributed by atoms with Crippen LogP contribution in [-0.4, -0.2) is 93.9 Å². The van der Waals surface area contributed by atoms with Gasteiger partial charge in [-0.05, 0) is 73.6 Å². The number of hydrogen-bond donors (Lipinski definition) is 2. The van der Waals surface area contributed by atoms with Crippen molar-refractivity contribution in [2.75, 3.05) is 0 Å². The second-order valence-electron chi connectivity index (χ2n) is 20.5. The number of ketones is 1. The quantitative estimate of drug-likeness (QED) is 0.182. The number of Topliss-reactive ketones (excluding diaryl/α,β-unsaturated/α-hetero) is 1.